The minimum absolute atomic E-state index is 0.00412. The van der Waals surface area contributed by atoms with Crippen LogP contribution in [-0.4, -0.2) is 19.0 Å². The van der Waals surface area contributed by atoms with Gasteiger partial charge in [0.1, 0.15) is 5.82 Å². The zero-order chi connectivity index (χ0) is 13.7. The summed E-state index contributed by atoms with van der Waals surface area (Å²) in [5.74, 6) is 0.139. The van der Waals surface area contributed by atoms with Gasteiger partial charge in [0, 0.05) is 12.0 Å². The predicted octanol–water partition coefficient (Wildman–Crippen LogP) is 2.39. The average Bonchev–Trinajstić information content (AvgIpc) is 2.40. The number of hydrogen-bond acceptors (Lipinski definition) is 2. The third kappa shape index (κ3) is 4.03. The van der Waals surface area contributed by atoms with E-state index in [9.17, 15) is 9.18 Å². The molecule has 2 N–H and O–H groups in total. The average molecular weight is 264 g/mol. The van der Waals surface area contributed by atoms with Gasteiger partial charge in [-0.3, -0.25) is 4.79 Å². The fourth-order valence-electron chi connectivity index (χ4n) is 2.56. The number of halogens is 1. The lowest BCUT2D eigenvalue weighted by molar-refractivity contribution is -0.122. The molecule has 2 rings (SSSR count). The Labute approximate surface area is 113 Å². The number of benzene rings is 1. The summed E-state index contributed by atoms with van der Waals surface area (Å²) in [5, 5.41) is 6.17. The number of hydrogen-bond donors (Lipinski definition) is 2. The smallest absolute Gasteiger partial charge is 0.220 e. The van der Waals surface area contributed by atoms with E-state index >= 15 is 0 Å². The first-order valence-electron chi connectivity index (χ1n) is 6.91. The van der Waals surface area contributed by atoms with Crippen molar-refractivity contribution in [2.45, 2.75) is 32.2 Å². The fourth-order valence-corrected chi connectivity index (χ4v) is 2.56. The molecule has 1 aliphatic heterocycles. The van der Waals surface area contributed by atoms with Crippen LogP contribution in [-0.2, 0) is 4.79 Å². The molecular weight excluding hydrogens is 243 g/mol. The number of piperidine rings is 1. The van der Waals surface area contributed by atoms with Crippen LogP contribution in [0.15, 0.2) is 24.3 Å². The van der Waals surface area contributed by atoms with Crippen LogP contribution in [0.4, 0.5) is 4.39 Å². The molecule has 0 saturated carbocycles. The van der Waals surface area contributed by atoms with E-state index in [0.29, 0.717) is 17.9 Å². The largest absolute Gasteiger partial charge is 0.349 e. The molecule has 1 aromatic carbocycles. The molecule has 1 heterocycles. The zero-order valence-electron chi connectivity index (χ0n) is 11.3. The van der Waals surface area contributed by atoms with E-state index in [2.05, 4.69) is 10.6 Å². The van der Waals surface area contributed by atoms with E-state index in [1.165, 1.54) is 6.07 Å². The second kappa shape index (κ2) is 6.66. The minimum atomic E-state index is -0.287. The molecule has 0 radical (unpaired) electrons. The number of rotatable bonds is 4. The normalized spacial score (nSPS) is 20.8. The number of amides is 1. The van der Waals surface area contributed by atoms with Gasteiger partial charge in [0.15, 0.2) is 0 Å². The molecule has 1 aliphatic rings. The molecule has 104 valence electrons. The second-order valence-electron chi connectivity index (χ2n) is 5.23. The highest BCUT2D eigenvalue weighted by atomic mass is 19.1. The van der Waals surface area contributed by atoms with Crippen LogP contribution in [0.25, 0.3) is 0 Å². The van der Waals surface area contributed by atoms with Crippen LogP contribution >= 0.6 is 0 Å². The molecule has 1 aromatic rings. The Morgan fingerprint density at radius 3 is 3.00 bits per heavy atom. The van der Waals surface area contributed by atoms with Gasteiger partial charge in [-0.1, -0.05) is 18.2 Å². The maximum atomic E-state index is 13.6. The van der Waals surface area contributed by atoms with Gasteiger partial charge in [-0.05, 0) is 44.8 Å². The third-order valence-corrected chi connectivity index (χ3v) is 3.62. The lowest BCUT2D eigenvalue weighted by Gasteiger charge is -2.23. The van der Waals surface area contributed by atoms with Crippen LogP contribution in [0.1, 0.15) is 37.8 Å². The second-order valence-corrected chi connectivity index (χ2v) is 5.23. The molecule has 19 heavy (non-hydrogen) atoms. The lowest BCUT2D eigenvalue weighted by Crippen LogP contribution is -2.35. The van der Waals surface area contributed by atoms with Crippen molar-refractivity contribution in [1.82, 2.24) is 10.6 Å². The molecule has 0 aromatic heterocycles. The third-order valence-electron chi connectivity index (χ3n) is 3.62. The van der Waals surface area contributed by atoms with Crippen LogP contribution in [0.2, 0.25) is 0 Å². The maximum absolute atomic E-state index is 13.6. The summed E-state index contributed by atoms with van der Waals surface area (Å²) in [6.45, 7) is 3.76. The highest BCUT2D eigenvalue weighted by Crippen LogP contribution is 2.18. The SMILES string of the molecule is C[C@@H](NC(=O)CC1CCCNC1)c1ccccc1F. The monoisotopic (exact) mass is 264 g/mol. The molecule has 1 fully saturated rings. The summed E-state index contributed by atoms with van der Waals surface area (Å²) < 4.78 is 13.6. The van der Waals surface area contributed by atoms with Crippen LogP contribution in [0, 0.1) is 11.7 Å². The molecule has 0 aliphatic carbocycles. The summed E-state index contributed by atoms with van der Waals surface area (Å²) in [4.78, 5) is 11.9. The Balaban J connectivity index is 1.86. The first-order chi connectivity index (χ1) is 9.16. The Morgan fingerprint density at radius 2 is 2.32 bits per heavy atom. The molecule has 4 heteroatoms. The molecule has 1 amide bonds. The van der Waals surface area contributed by atoms with Gasteiger partial charge in [0.2, 0.25) is 5.91 Å². The van der Waals surface area contributed by atoms with Crippen molar-refractivity contribution in [3.8, 4) is 0 Å². The van der Waals surface area contributed by atoms with E-state index in [1.807, 2.05) is 6.92 Å². The van der Waals surface area contributed by atoms with Crippen molar-refractivity contribution >= 4 is 5.91 Å². The highest BCUT2D eigenvalue weighted by molar-refractivity contribution is 5.76. The minimum Gasteiger partial charge on any atom is -0.349 e. The Bertz CT molecular complexity index is 430. The van der Waals surface area contributed by atoms with Crippen molar-refractivity contribution in [1.29, 1.82) is 0 Å². The standard InChI is InChI=1S/C15H21FN2O/c1-11(13-6-2-3-7-14(13)16)18-15(19)9-12-5-4-8-17-10-12/h2-3,6-7,11-12,17H,4-5,8-10H2,1H3,(H,18,19)/t11-,12?/m1/s1. The van der Waals surface area contributed by atoms with E-state index in [0.717, 1.165) is 25.9 Å². The molecule has 1 saturated heterocycles. The Hall–Kier alpha value is -1.42. The molecular formula is C15H21FN2O. The van der Waals surface area contributed by atoms with Gasteiger partial charge in [0.25, 0.3) is 0 Å². The van der Waals surface area contributed by atoms with Crippen LogP contribution < -0.4 is 10.6 Å². The van der Waals surface area contributed by atoms with Crippen molar-refractivity contribution in [3.05, 3.63) is 35.6 Å². The maximum Gasteiger partial charge on any atom is 0.220 e. The lowest BCUT2D eigenvalue weighted by atomic mass is 9.95. The van der Waals surface area contributed by atoms with Crippen LogP contribution in [0.3, 0.4) is 0 Å². The molecule has 3 nitrogen and oxygen atoms in total. The number of carbonyl (C=O) groups is 1. The van der Waals surface area contributed by atoms with E-state index < -0.39 is 0 Å². The number of carbonyl (C=O) groups excluding carboxylic acids is 1. The quantitative estimate of drug-likeness (QED) is 0.876. The zero-order valence-corrected chi connectivity index (χ0v) is 11.3. The molecule has 2 atom stereocenters. The number of nitrogens with one attached hydrogen (secondary N) is 2. The summed E-state index contributed by atoms with van der Waals surface area (Å²) in [7, 11) is 0. The van der Waals surface area contributed by atoms with Gasteiger partial charge >= 0.3 is 0 Å². The first kappa shape index (κ1) is 14.0. The first-order valence-corrected chi connectivity index (χ1v) is 6.91. The summed E-state index contributed by atoms with van der Waals surface area (Å²) in [6, 6.07) is 6.28. The Kier molecular flexibility index (Phi) is 4.91. The Morgan fingerprint density at radius 1 is 1.53 bits per heavy atom. The van der Waals surface area contributed by atoms with E-state index in [-0.39, 0.29) is 17.8 Å². The van der Waals surface area contributed by atoms with E-state index in [1.54, 1.807) is 18.2 Å². The molecule has 0 bridgehead atoms. The summed E-state index contributed by atoms with van der Waals surface area (Å²) >= 11 is 0. The highest BCUT2D eigenvalue weighted by Gasteiger charge is 2.19. The summed E-state index contributed by atoms with van der Waals surface area (Å²) in [5.41, 5.74) is 0.539. The fraction of sp³-hybridized carbons (Fsp3) is 0.533. The van der Waals surface area contributed by atoms with Gasteiger partial charge < -0.3 is 10.6 Å². The van der Waals surface area contributed by atoms with Crippen molar-refractivity contribution in [2.24, 2.45) is 5.92 Å². The van der Waals surface area contributed by atoms with Crippen molar-refractivity contribution in [3.63, 3.8) is 0 Å². The van der Waals surface area contributed by atoms with Crippen molar-refractivity contribution < 1.29 is 9.18 Å². The van der Waals surface area contributed by atoms with Crippen molar-refractivity contribution in [2.75, 3.05) is 13.1 Å². The van der Waals surface area contributed by atoms with Gasteiger partial charge in [0.05, 0.1) is 6.04 Å². The van der Waals surface area contributed by atoms with Gasteiger partial charge in [-0.15, -0.1) is 0 Å². The van der Waals surface area contributed by atoms with Gasteiger partial charge in [-0.2, -0.15) is 0 Å². The molecule has 1 unspecified atom stereocenters. The predicted molar refractivity (Wildman–Crippen MR) is 73.2 cm³/mol. The van der Waals surface area contributed by atoms with Crippen LogP contribution in [0.5, 0.6) is 0 Å². The van der Waals surface area contributed by atoms with Gasteiger partial charge in [-0.25, -0.2) is 4.39 Å². The topological polar surface area (TPSA) is 41.1 Å². The van der Waals surface area contributed by atoms with E-state index in [4.69, 9.17) is 0 Å². The molecule has 0 spiro atoms. The summed E-state index contributed by atoms with van der Waals surface area (Å²) in [6.07, 6.45) is 2.74.